The Morgan fingerprint density at radius 2 is 1.96 bits per heavy atom. The Morgan fingerprint density at radius 1 is 1.11 bits per heavy atom. The van der Waals surface area contributed by atoms with E-state index in [2.05, 4.69) is 9.88 Å². The van der Waals surface area contributed by atoms with E-state index in [1.807, 2.05) is 29.2 Å². The third-order valence-corrected chi connectivity index (χ3v) is 5.70. The molecule has 0 radical (unpaired) electrons. The zero-order valence-electron chi connectivity index (χ0n) is 16.0. The summed E-state index contributed by atoms with van der Waals surface area (Å²) in [6.45, 7) is 4.10. The number of halogens is 1. The largest absolute Gasteiger partial charge is 0.373 e. The first kappa shape index (κ1) is 19.0. The zero-order valence-corrected chi connectivity index (χ0v) is 16.0. The van der Waals surface area contributed by atoms with Gasteiger partial charge >= 0.3 is 0 Å². The molecule has 0 aliphatic carbocycles. The molecular formula is C22H26FN3O2. The molecular weight excluding hydrogens is 357 g/mol. The maximum Gasteiger partial charge on any atom is 0.225 e. The van der Waals surface area contributed by atoms with Crippen molar-refractivity contribution in [1.29, 1.82) is 0 Å². The van der Waals surface area contributed by atoms with E-state index >= 15 is 0 Å². The van der Waals surface area contributed by atoms with Crippen LogP contribution < -0.4 is 0 Å². The summed E-state index contributed by atoms with van der Waals surface area (Å²) in [7, 11) is 0. The fourth-order valence-corrected chi connectivity index (χ4v) is 4.14. The van der Waals surface area contributed by atoms with Gasteiger partial charge in [0.2, 0.25) is 5.91 Å². The smallest absolute Gasteiger partial charge is 0.225 e. The highest BCUT2D eigenvalue weighted by atomic mass is 19.1. The van der Waals surface area contributed by atoms with Crippen LogP contribution >= 0.6 is 0 Å². The topological polar surface area (TPSA) is 45.7 Å². The lowest BCUT2D eigenvalue weighted by Crippen LogP contribution is -2.51. The highest BCUT2D eigenvalue weighted by Gasteiger charge is 2.40. The van der Waals surface area contributed by atoms with Crippen molar-refractivity contribution in [3.05, 3.63) is 65.7 Å². The number of ether oxygens (including phenoxy) is 1. The molecule has 0 bridgehead atoms. The van der Waals surface area contributed by atoms with Crippen LogP contribution in [-0.4, -0.2) is 52.5 Å². The van der Waals surface area contributed by atoms with E-state index in [1.54, 1.807) is 18.3 Å². The molecule has 0 atom stereocenters. The molecule has 28 heavy (non-hydrogen) atoms. The highest BCUT2D eigenvalue weighted by molar-refractivity contribution is 5.76. The number of nitrogens with zero attached hydrogens (tertiary/aromatic N) is 3. The molecule has 2 aliphatic heterocycles. The molecule has 1 spiro atoms. The number of hydrogen-bond acceptors (Lipinski definition) is 4. The van der Waals surface area contributed by atoms with Crippen molar-refractivity contribution in [3.63, 3.8) is 0 Å². The predicted octanol–water partition coefficient (Wildman–Crippen LogP) is 3.00. The SMILES string of the molecule is O=C1CCOC2(CCN(Cc3cccc(F)c3)CC2)CN1Cc1ccccn1. The van der Waals surface area contributed by atoms with Crippen molar-refractivity contribution in [2.75, 3.05) is 26.2 Å². The molecule has 1 amide bonds. The van der Waals surface area contributed by atoms with Gasteiger partial charge in [0.15, 0.2) is 0 Å². The Balaban J connectivity index is 1.39. The lowest BCUT2D eigenvalue weighted by atomic mass is 9.90. The number of hydrogen-bond donors (Lipinski definition) is 0. The van der Waals surface area contributed by atoms with Crippen molar-refractivity contribution in [3.8, 4) is 0 Å². The molecule has 2 aliphatic rings. The first-order valence-electron chi connectivity index (χ1n) is 9.90. The van der Waals surface area contributed by atoms with E-state index in [4.69, 9.17) is 4.74 Å². The quantitative estimate of drug-likeness (QED) is 0.814. The maximum absolute atomic E-state index is 13.4. The summed E-state index contributed by atoms with van der Waals surface area (Å²) in [5.74, 6) is -0.0634. The number of pyridine rings is 1. The summed E-state index contributed by atoms with van der Waals surface area (Å²) in [6, 6.07) is 12.6. The van der Waals surface area contributed by atoms with E-state index in [-0.39, 0.29) is 17.3 Å². The third-order valence-electron chi connectivity index (χ3n) is 5.70. The summed E-state index contributed by atoms with van der Waals surface area (Å²) in [4.78, 5) is 21.2. The molecule has 0 N–H and O–H groups in total. The lowest BCUT2D eigenvalue weighted by molar-refractivity contribution is -0.132. The summed E-state index contributed by atoms with van der Waals surface area (Å²) in [5.41, 5.74) is 1.60. The fourth-order valence-electron chi connectivity index (χ4n) is 4.14. The monoisotopic (exact) mass is 383 g/mol. The second-order valence-electron chi connectivity index (χ2n) is 7.76. The number of piperidine rings is 1. The second kappa shape index (κ2) is 8.37. The van der Waals surface area contributed by atoms with Crippen LogP contribution in [0.1, 0.15) is 30.5 Å². The van der Waals surface area contributed by atoms with Gasteiger partial charge in [-0.1, -0.05) is 18.2 Å². The maximum atomic E-state index is 13.4. The molecule has 4 rings (SSSR count). The molecule has 2 aromatic rings. The summed E-state index contributed by atoms with van der Waals surface area (Å²) in [6.07, 6.45) is 3.92. The first-order valence-corrected chi connectivity index (χ1v) is 9.90. The molecule has 1 aromatic heterocycles. The number of carbonyl (C=O) groups is 1. The number of aromatic nitrogens is 1. The van der Waals surface area contributed by atoms with Crippen molar-refractivity contribution in [1.82, 2.24) is 14.8 Å². The van der Waals surface area contributed by atoms with Crippen LogP contribution in [0.5, 0.6) is 0 Å². The minimum atomic E-state index is -0.292. The van der Waals surface area contributed by atoms with Crippen LogP contribution in [0.2, 0.25) is 0 Å². The van der Waals surface area contributed by atoms with Gasteiger partial charge in [-0.2, -0.15) is 0 Å². The zero-order chi connectivity index (χ0) is 19.4. The molecule has 1 aromatic carbocycles. The van der Waals surface area contributed by atoms with Crippen LogP contribution in [0.4, 0.5) is 4.39 Å². The molecule has 0 saturated carbocycles. The van der Waals surface area contributed by atoms with E-state index in [9.17, 15) is 9.18 Å². The van der Waals surface area contributed by atoms with Crippen LogP contribution in [0.25, 0.3) is 0 Å². The van der Waals surface area contributed by atoms with E-state index < -0.39 is 0 Å². The highest BCUT2D eigenvalue weighted by Crippen LogP contribution is 2.31. The Kier molecular flexibility index (Phi) is 5.69. The minimum absolute atomic E-state index is 0.129. The van der Waals surface area contributed by atoms with E-state index in [0.29, 0.717) is 26.1 Å². The fraction of sp³-hybridized carbons (Fsp3) is 0.455. The molecule has 2 saturated heterocycles. The number of likely N-dealkylation sites (tertiary alicyclic amines) is 1. The number of rotatable bonds is 4. The van der Waals surface area contributed by atoms with Crippen LogP contribution in [0.3, 0.4) is 0 Å². The van der Waals surface area contributed by atoms with Gasteiger partial charge in [0.25, 0.3) is 0 Å². The lowest BCUT2D eigenvalue weighted by Gasteiger charge is -2.42. The standard InChI is InChI=1S/C22H26FN3O2/c23-19-5-3-4-18(14-19)15-25-11-8-22(9-12-25)17-26(21(27)7-13-28-22)16-20-6-1-2-10-24-20/h1-6,10,14H,7-9,11-13,15-17H2. The van der Waals surface area contributed by atoms with E-state index in [1.165, 1.54) is 6.07 Å². The normalized spacial score (nSPS) is 20.3. The Labute approximate surface area is 165 Å². The number of benzene rings is 1. The summed E-state index contributed by atoms with van der Waals surface area (Å²) < 4.78 is 19.6. The van der Waals surface area contributed by atoms with Gasteiger partial charge in [-0.15, -0.1) is 0 Å². The average Bonchev–Trinajstić information content (AvgIpc) is 2.84. The molecule has 5 nitrogen and oxygen atoms in total. The van der Waals surface area contributed by atoms with E-state index in [0.717, 1.165) is 43.7 Å². The van der Waals surface area contributed by atoms with Gasteiger partial charge in [0.05, 0.1) is 37.4 Å². The molecule has 3 heterocycles. The predicted molar refractivity (Wildman–Crippen MR) is 104 cm³/mol. The summed E-state index contributed by atoms with van der Waals surface area (Å²) in [5, 5.41) is 0. The van der Waals surface area contributed by atoms with Crippen molar-refractivity contribution < 1.29 is 13.9 Å². The van der Waals surface area contributed by atoms with Gasteiger partial charge in [-0.25, -0.2) is 4.39 Å². The Hall–Kier alpha value is -2.31. The van der Waals surface area contributed by atoms with Crippen molar-refractivity contribution in [2.45, 2.75) is 38.0 Å². The van der Waals surface area contributed by atoms with Gasteiger partial charge < -0.3 is 9.64 Å². The van der Waals surface area contributed by atoms with Gasteiger partial charge in [-0.05, 0) is 42.7 Å². The first-order chi connectivity index (χ1) is 13.6. The summed E-state index contributed by atoms with van der Waals surface area (Å²) >= 11 is 0. The number of amides is 1. The van der Waals surface area contributed by atoms with Crippen molar-refractivity contribution >= 4 is 5.91 Å². The number of carbonyl (C=O) groups excluding carboxylic acids is 1. The third kappa shape index (κ3) is 4.56. The van der Waals surface area contributed by atoms with Crippen LogP contribution in [-0.2, 0) is 22.6 Å². The molecule has 148 valence electrons. The molecule has 2 fully saturated rings. The Morgan fingerprint density at radius 3 is 2.71 bits per heavy atom. The molecule has 6 heteroatoms. The van der Waals surface area contributed by atoms with Crippen LogP contribution in [0.15, 0.2) is 48.7 Å². The minimum Gasteiger partial charge on any atom is -0.373 e. The van der Waals surface area contributed by atoms with Crippen LogP contribution in [0, 0.1) is 5.82 Å². The van der Waals surface area contributed by atoms with Gasteiger partial charge in [-0.3, -0.25) is 14.7 Å². The Bertz CT molecular complexity index is 806. The second-order valence-corrected chi connectivity index (χ2v) is 7.76. The molecule has 0 unspecified atom stereocenters. The van der Waals surface area contributed by atoms with Gasteiger partial charge in [0.1, 0.15) is 5.82 Å². The average molecular weight is 383 g/mol. The van der Waals surface area contributed by atoms with Gasteiger partial charge in [0, 0.05) is 25.8 Å². The van der Waals surface area contributed by atoms with Crippen molar-refractivity contribution in [2.24, 2.45) is 0 Å².